The molecule has 208 valence electrons. The van der Waals surface area contributed by atoms with Gasteiger partial charge in [-0.05, 0) is 35.7 Å². The SMILES string of the molecule is CC(=O)N1CCCN(Cc2ccccc2)CCN(C(=O)c2ccc(Cn3ccnc3)o2)Cc2cc(F)c(F)cc21. The Morgan fingerprint density at radius 3 is 2.50 bits per heavy atom. The Morgan fingerprint density at radius 2 is 1.75 bits per heavy atom. The minimum atomic E-state index is -1.04. The van der Waals surface area contributed by atoms with E-state index in [2.05, 4.69) is 9.88 Å². The number of carbonyl (C=O) groups excluding carboxylic acids is 2. The number of fused-ring (bicyclic) bond motifs is 1. The molecule has 0 saturated heterocycles. The van der Waals surface area contributed by atoms with Gasteiger partial charge in [0, 0.05) is 64.7 Å². The van der Waals surface area contributed by atoms with Crippen molar-refractivity contribution in [2.24, 2.45) is 0 Å². The number of halogens is 2. The number of carbonyl (C=O) groups is 2. The Balaban J connectivity index is 1.46. The van der Waals surface area contributed by atoms with E-state index in [1.807, 2.05) is 34.9 Å². The van der Waals surface area contributed by atoms with Gasteiger partial charge in [0.05, 0.1) is 18.6 Å². The van der Waals surface area contributed by atoms with Crippen LogP contribution in [-0.2, 0) is 24.4 Å². The maximum absolute atomic E-state index is 14.5. The molecule has 0 fully saturated rings. The highest BCUT2D eigenvalue weighted by molar-refractivity contribution is 5.93. The van der Waals surface area contributed by atoms with E-state index >= 15 is 0 Å². The van der Waals surface area contributed by atoms with Gasteiger partial charge in [-0.2, -0.15) is 0 Å². The van der Waals surface area contributed by atoms with Gasteiger partial charge < -0.3 is 18.8 Å². The molecule has 0 saturated carbocycles. The van der Waals surface area contributed by atoms with E-state index in [1.54, 1.807) is 35.8 Å². The normalized spacial score (nSPS) is 15.0. The molecule has 40 heavy (non-hydrogen) atoms. The quantitative estimate of drug-likeness (QED) is 0.362. The van der Waals surface area contributed by atoms with E-state index in [0.717, 1.165) is 17.7 Å². The summed E-state index contributed by atoms with van der Waals surface area (Å²) in [6, 6.07) is 15.5. The topological polar surface area (TPSA) is 74.8 Å². The lowest BCUT2D eigenvalue weighted by atomic mass is 10.1. The maximum atomic E-state index is 14.5. The van der Waals surface area contributed by atoms with Crippen LogP contribution in [0.2, 0.25) is 0 Å². The molecular formula is C30H31F2N5O3. The highest BCUT2D eigenvalue weighted by atomic mass is 19.2. The summed E-state index contributed by atoms with van der Waals surface area (Å²) in [4.78, 5) is 35.7. The number of aromatic nitrogens is 2. The van der Waals surface area contributed by atoms with Crippen LogP contribution in [0.4, 0.5) is 14.5 Å². The van der Waals surface area contributed by atoms with Crippen LogP contribution in [0, 0.1) is 11.6 Å². The van der Waals surface area contributed by atoms with E-state index < -0.39 is 11.6 Å². The molecule has 8 nitrogen and oxygen atoms in total. The van der Waals surface area contributed by atoms with Crippen LogP contribution in [-0.4, -0.2) is 57.3 Å². The number of anilines is 1. The van der Waals surface area contributed by atoms with Gasteiger partial charge in [0.25, 0.3) is 5.91 Å². The zero-order chi connectivity index (χ0) is 28.1. The summed E-state index contributed by atoms with van der Waals surface area (Å²) >= 11 is 0. The monoisotopic (exact) mass is 547 g/mol. The zero-order valence-corrected chi connectivity index (χ0v) is 22.3. The highest BCUT2D eigenvalue weighted by Gasteiger charge is 2.26. The summed E-state index contributed by atoms with van der Waals surface area (Å²) in [6.45, 7) is 4.31. The van der Waals surface area contributed by atoms with Crippen molar-refractivity contribution in [3.05, 3.63) is 108 Å². The lowest BCUT2D eigenvalue weighted by Gasteiger charge is -2.27. The summed E-state index contributed by atoms with van der Waals surface area (Å²) in [5.41, 5.74) is 1.74. The minimum Gasteiger partial charge on any atom is -0.454 e. The fourth-order valence-electron chi connectivity index (χ4n) is 4.98. The summed E-state index contributed by atoms with van der Waals surface area (Å²) in [5.74, 6) is -2.00. The molecule has 2 aromatic carbocycles. The van der Waals surface area contributed by atoms with E-state index in [4.69, 9.17) is 4.42 Å². The molecule has 0 radical (unpaired) electrons. The van der Waals surface area contributed by atoms with Gasteiger partial charge in [-0.1, -0.05) is 30.3 Å². The lowest BCUT2D eigenvalue weighted by molar-refractivity contribution is -0.116. The van der Waals surface area contributed by atoms with E-state index in [1.165, 1.54) is 11.8 Å². The molecule has 0 aliphatic carbocycles. The van der Waals surface area contributed by atoms with Crippen LogP contribution < -0.4 is 4.90 Å². The van der Waals surface area contributed by atoms with E-state index in [-0.39, 0.29) is 29.8 Å². The number of imidazole rings is 1. The van der Waals surface area contributed by atoms with Gasteiger partial charge in [0.15, 0.2) is 17.4 Å². The van der Waals surface area contributed by atoms with Crippen molar-refractivity contribution < 1.29 is 22.8 Å². The first-order valence-electron chi connectivity index (χ1n) is 13.2. The predicted octanol–water partition coefficient (Wildman–Crippen LogP) is 4.70. The molecular weight excluding hydrogens is 516 g/mol. The Kier molecular flexibility index (Phi) is 8.35. The molecule has 1 aliphatic heterocycles. The Hall–Kier alpha value is -4.31. The highest BCUT2D eigenvalue weighted by Crippen LogP contribution is 2.28. The van der Waals surface area contributed by atoms with Crippen molar-refractivity contribution in [3.8, 4) is 0 Å². The standard InChI is InChI=1S/C30H31F2N5O3/c1-22(38)37-12-5-11-34(18-23-6-3-2-4-7-23)14-15-36(19-24-16-26(31)27(32)17-28(24)37)30(39)29-9-8-25(40-29)20-35-13-10-33-21-35/h2-4,6-10,13,16-17,21H,5,11-12,14-15,18-20H2,1H3. The second-order valence-electron chi connectivity index (χ2n) is 9.91. The van der Waals surface area contributed by atoms with Gasteiger partial charge in [-0.25, -0.2) is 13.8 Å². The molecule has 0 atom stereocenters. The Morgan fingerprint density at radius 1 is 0.950 bits per heavy atom. The molecule has 1 aliphatic rings. The van der Waals surface area contributed by atoms with E-state index in [9.17, 15) is 18.4 Å². The third kappa shape index (κ3) is 6.45. The van der Waals surface area contributed by atoms with E-state index in [0.29, 0.717) is 57.0 Å². The molecule has 0 bridgehead atoms. The molecule has 2 amide bonds. The number of amides is 2. The number of rotatable bonds is 5. The van der Waals surface area contributed by atoms with Crippen molar-refractivity contribution in [1.29, 1.82) is 0 Å². The van der Waals surface area contributed by atoms with Crippen LogP contribution in [0.25, 0.3) is 0 Å². The fourth-order valence-corrected chi connectivity index (χ4v) is 4.98. The molecule has 0 spiro atoms. The Labute approximate surface area is 231 Å². The molecule has 5 rings (SSSR count). The van der Waals surface area contributed by atoms with Crippen molar-refractivity contribution in [3.63, 3.8) is 0 Å². The van der Waals surface area contributed by atoms with Crippen molar-refractivity contribution in [2.75, 3.05) is 31.1 Å². The third-order valence-corrected chi connectivity index (χ3v) is 7.00. The summed E-state index contributed by atoms with van der Waals surface area (Å²) in [5, 5.41) is 0. The third-order valence-electron chi connectivity index (χ3n) is 7.00. The molecule has 10 heteroatoms. The first-order valence-corrected chi connectivity index (χ1v) is 13.2. The largest absolute Gasteiger partial charge is 0.454 e. The average molecular weight is 548 g/mol. The van der Waals surface area contributed by atoms with Gasteiger partial charge in [-0.15, -0.1) is 0 Å². The minimum absolute atomic E-state index is 0.0219. The van der Waals surface area contributed by atoms with Crippen molar-refractivity contribution >= 4 is 17.5 Å². The second-order valence-corrected chi connectivity index (χ2v) is 9.91. The van der Waals surface area contributed by atoms with Crippen molar-refractivity contribution in [2.45, 2.75) is 33.0 Å². The second kappa shape index (κ2) is 12.3. The zero-order valence-electron chi connectivity index (χ0n) is 22.3. The maximum Gasteiger partial charge on any atom is 0.289 e. The van der Waals surface area contributed by atoms with Crippen LogP contribution in [0.5, 0.6) is 0 Å². The fraction of sp³-hybridized carbons (Fsp3) is 0.300. The number of furan rings is 1. The lowest BCUT2D eigenvalue weighted by Crippen LogP contribution is -2.38. The summed E-state index contributed by atoms with van der Waals surface area (Å²) < 4.78 is 36.6. The predicted molar refractivity (Wildman–Crippen MR) is 145 cm³/mol. The molecule has 0 N–H and O–H groups in total. The van der Waals surface area contributed by atoms with Gasteiger partial charge in [0.2, 0.25) is 5.91 Å². The van der Waals surface area contributed by atoms with Crippen LogP contribution in [0.15, 0.2) is 77.7 Å². The summed E-state index contributed by atoms with van der Waals surface area (Å²) in [6.07, 6.45) is 5.73. The molecule has 3 heterocycles. The molecule has 4 aromatic rings. The van der Waals surface area contributed by atoms with Crippen LogP contribution in [0.1, 0.15) is 40.8 Å². The van der Waals surface area contributed by atoms with Gasteiger partial charge >= 0.3 is 0 Å². The number of hydrogen-bond acceptors (Lipinski definition) is 5. The van der Waals surface area contributed by atoms with Crippen molar-refractivity contribution in [1.82, 2.24) is 19.4 Å². The number of benzene rings is 2. The van der Waals surface area contributed by atoms with Gasteiger partial charge in [0.1, 0.15) is 5.76 Å². The molecule has 2 aromatic heterocycles. The first kappa shape index (κ1) is 27.3. The average Bonchev–Trinajstić information content (AvgIpc) is 3.63. The number of hydrogen-bond donors (Lipinski definition) is 0. The Bertz CT molecular complexity index is 1460. The van der Waals surface area contributed by atoms with Crippen LogP contribution >= 0.6 is 0 Å². The van der Waals surface area contributed by atoms with Gasteiger partial charge in [-0.3, -0.25) is 14.5 Å². The summed E-state index contributed by atoms with van der Waals surface area (Å²) in [7, 11) is 0. The smallest absolute Gasteiger partial charge is 0.289 e. The first-order chi connectivity index (χ1) is 19.4. The molecule has 0 unspecified atom stereocenters. The number of nitrogens with zero attached hydrogens (tertiary/aromatic N) is 5. The van der Waals surface area contributed by atoms with Crippen LogP contribution in [0.3, 0.4) is 0 Å².